The first kappa shape index (κ1) is 15.4. The highest BCUT2D eigenvalue weighted by Gasteiger charge is 2.46. The lowest BCUT2D eigenvalue weighted by molar-refractivity contribution is -0.138. The Bertz CT molecular complexity index is 512. The van der Waals surface area contributed by atoms with Crippen molar-refractivity contribution in [3.05, 3.63) is 35.4 Å². The van der Waals surface area contributed by atoms with Crippen molar-refractivity contribution in [2.45, 2.75) is 50.3 Å². The van der Waals surface area contributed by atoms with Crippen molar-refractivity contribution in [3.8, 4) is 0 Å². The minimum atomic E-state index is -1.30. The third-order valence-corrected chi connectivity index (χ3v) is 5.34. The second-order valence-corrected chi connectivity index (χ2v) is 8.26. The van der Waals surface area contributed by atoms with Crippen molar-refractivity contribution in [1.29, 1.82) is 0 Å². The lowest BCUT2D eigenvalue weighted by atomic mass is 9.89. The summed E-state index contributed by atoms with van der Waals surface area (Å²) in [7, 11) is 0. The predicted octanol–water partition coefficient (Wildman–Crippen LogP) is 2.35. The number of nitrogens with one attached hydrogen (secondary N) is 1. The molecule has 0 aromatic heterocycles. The normalized spacial score (nSPS) is 23.4. The third kappa shape index (κ3) is 3.00. The number of fused-ring (bicyclic) bond motifs is 1. The standard InChI is InChI=1S/C15H21NO3S/c1-14(2,3)20(19)16-15(10-13(17)18)9-8-11-6-4-5-7-12(11)15/h4-7,16H,8-10H2,1-3H3,(H,17,18)/t15-,20?/m0/s1. The molecular formula is C15H21NO3S. The van der Waals surface area contributed by atoms with Crippen LogP contribution in [0.4, 0.5) is 0 Å². The molecule has 0 saturated heterocycles. The zero-order valence-electron chi connectivity index (χ0n) is 12.1. The molecule has 0 bridgehead atoms. The second-order valence-electron chi connectivity index (χ2n) is 6.29. The molecule has 1 aliphatic carbocycles. The van der Waals surface area contributed by atoms with Crippen LogP contribution in [0.15, 0.2) is 24.3 Å². The molecule has 2 rings (SSSR count). The van der Waals surface area contributed by atoms with E-state index in [0.717, 1.165) is 17.5 Å². The summed E-state index contributed by atoms with van der Waals surface area (Å²) >= 11 is -1.30. The first-order valence-corrected chi connectivity index (χ1v) is 7.89. The second kappa shape index (κ2) is 5.39. The van der Waals surface area contributed by atoms with Gasteiger partial charge >= 0.3 is 5.97 Å². The van der Waals surface area contributed by atoms with E-state index in [2.05, 4.69) is 4.72 Å². The van der Waals surface area contributed by atoms with Gasteiger partial charge in [-0.25, -0.2) is 0 Å². The maximum Gasteiger partial charge on any atom is 0.305 e. The molecule has 0 radical (unpaired) electrons. The number of aryl methyl sites for hydroxylation is 1. The average molecular weight is 295 g/mol. The van der Waals surface area contributed by atoms with Crippen molar-refractivity contribution < 1.29 is 14.5 Å². The van der Waals surface area contributed by atoms with Gasteiger partial charge in [0.1, 0.15) is 4.75 Å². The van der Waals surface area contributed by atoms with Gasteiger partial charge in [0.25, 0.3) is 0 Å². The Morgan fingerprint density at radius 2 is 2.10 bits per heavy atom. The van der Waals surface area contributed by atoms with Crippen LogP contribution in [0.1, 0.15) is 44.7 Å². The SMILES string of the molecule is CC(C)(C)[S+]([O-])N[C@]1(CC(=O)O)CCc2ccccc21. The number of carboxylic acid groups (broad SMARTS) is 1. The van der Waals surface area contributed by atoms with Gasteiger partial charge in [0.2, 0.25) is 0 Å². The van der Waals surface area contributed by atoms with Crippen molar-refractivity contribution in [1.82, 2.24) is 4.72 Å². The van der Waals surface area contributed by atoms with E-state index in [4.69, 9.17) is 0 Å². The van der Waals surface area contributed by atoms with Crippen LogP contribution in [0.2, 0.25) is 0 Å². The van der Waals surface area contributed by atoms with Crippen LogP contribution in [0, 0.1) is 0 Å². The van der Waals surface area contributed by atoms with E-state index in [9.17, 15) is 14.5 Å². The summed E-state index contributed by atoms with van der Waals surface area (Å²) in [6, 6.07) is 7.82. The van der Waals surface area contributed by atoms with Crippen LogP contribution in [0.5, 0.6) is 0 Å². The van der Waals surface area contributed by atoms with Gasteiger partial charge in [-0.15, -0.1) is 4.72 Å². The largest absolute Gasteiger partial charge is 0.598 e. The van der Waals surface area contributed by atoms with Crippen LogP contribution in [0.25, 0.3) is 0 Å². The van der Waals surface area contributed by atoms with E-state index < -0.39 is 27.6 Å². The van der Waals surface area contributed by atoms with Gasteiger partial charge in [0, 0.05) is 11.4 Å². The Morgan fingerprint density at radius 3 is 2.70 bits per heavy atom. The molecule has 0 saturated carbocycles. The summed E-state index contributed by atoms with van der Waals surface area (Å²) in [5.41, 5.74) is 1.40. The Hall–Kier alpha value is -1.04. The minimum Gasteiger partial charge on any atom is -0.598 e. The number of carbonyl (C=O) groups is 1. The van der Waals surface area contributed by atoms with E-state index in [0.29, 0.717) is 6.42 Å². The Kier molecular flexibility index (Phi) is 4.14. The summed E-state index contributed by atoms with van der Waals surface area (Å²) in [5.74, 6) is -0.875. The first-order chi connectivity index (χ1) is 9.24. The lowest BCUT2D eigenvalue weighted by Gasteiger charge is -2.34. The number of hydrogen-bond donors (Lipinski definition) is 2. The molecule has 1 unspecified atom stereocenters. The zero-order valence-corrected chi connectivity index (χ0v) is 12.9. The number of benzene rings is 1. The van der Waals surface area contributed by atoms with E-state index in [1.54, 1.807) is 0 Å². The highest BCUT2D eigenvalue weighted by atomic mass is 32.2. The van der Waals surface area contributed by atoms with Crippen LogP contribution >= 0.6 is 0 Å². The van der Waals surface area contributed by atoms with Crippen molar-refractivity contribution in [2.24, 2.45) is 0 Å². The van der Waals surface area contributed by atoms with E-state index in [1.165, 1.54) is 0 Å². The average Bonchev–Trinajstić information content (AvgIpc) is 2.67. The molecule has 20 heavy (non-hydrogen) atoms. The van der Waals surface area contributed by atoms with Crippen molar-refractivity contribution in [3.63, 3.8) is 0 Å². The smallest absolute Gasteiger partial charge is 0.305 e. The van der Waals surface area contributed by atoms with Crippen LogP contribution in [-0.4, -0.2) is 20.4 Å². The van der Waals surface area contributed by atoms with E-state index >= 15 is 0 Å². The molecule has 0 spiro atoms. The predicted molar refractivity (Wildman–Crippen MR) is 79.7 cm³/mol. The number of carboxylic acids is 1. The van der Waals surface area contributed by atoms with Crippen molar-refractivity contribution in [2.75, 3.05) is 0 Å². The van der Waals surface area contributed by atoms with Gasteiger partial charge in [-0.1, -0.05) is 24.3 Å². The quantitative estimate of drug-likeness (QED) is 0.836. The van der Waals surface area contributed by atoms with Crippen molar-refractivity contribution >= 4 is 17.3 Å². The molecule has 5 heteroatoms. The summed E-state index contributed by atoms with van der Waals surface area (Å²) in [5, 5.41) is 9.24. The monoisotopic (exact) mass is 295 g/mol. The molecule has 0 fully saturated rings. The van der Waals surface area contributed by atoms with Gasteiger partial charge in [0.05, 0.1) is 12.0 Å². The number of rotatable bonds is 4. The van der Waals surface area contributed by atoms with Crippen LogP contribution < -0.4 is 4.72 Å². The number of hydrogen-bond acceptors (Lipinski definition) is 3. The van der Waals surface area contributed by atoms with Gasteiger partial charge in [-0.2, -0.15) is 0 Å². The minimum absolute atomic E-state index is 0.0498. The lowest BCUT2D eigenvalue weighted by Crippen LogP contribution is -2.51. The highest BCUT2D eigenvalue weighted by molar-refractivity contribution is 7.90. The Morgan fingerprint density at radius 1 is 1.45 bits per heavy atom. The summed E-state index contributed by atoms with van der Waals surface area (Å²) in [6.45, 7) is 5.64. The Balaban J connectivity index is 2.36. The van der Waals surface area contributed by atoms with E-state index in [1.807, 2.05) is 45.0 Å². The molecule has 2 N–H and O–H groups in total. The maximum absolute atomic E-state index is 12.4. The van der Waals surface area contributed by atoms with Gasteiger partial charge in [-0.05, 0) is 44.7 Å². The van der Waals surface area contributed by atoms with Gasteiger partial charge in [0.15, 0.2) is 0 Å². The number of aliphatic carboxylic acids is 1. The van der Waals surface area contributed by atoms with Crippen LogP contribution in [0.3, 0.4) is 0 Å². The van der Waals surface area contributed by atoms with E-state index in [-0.39, 0.29) is 6.42 Å². The fraction of sp³-hybridized carbons (Fsp3) is 0.533. The molecule has 1 aliphatic rings. The first-order valence-electron chi connectivity index (χ1n) is 6.74. The summed E-state index contributed by atoms with van der Waals surface area (Å²) in [6.07, 6.45) is 1.43. The molecule has 0 heterocycles. The molecule has 1 aromatic rings. The van der Waals surface area contributed by atoms with Crippen LogP contribution in [-0.2, 0) is 28.1 Å². The zero-order chi connectivity index (χ0) is 15.0. The molecular weight excluding hydrogens is 274 g/mol. The van der Waals surface area contributed by atoms with Gasteiger partial charge in [-0.3, -0.25) is 4.79 Å². The highest BCUT2D eigenvalue weighted by Crippen LogP contribution is 2.40. The molecule has 110 valence electrons. The molecule has 0 aliphatic heterocycles. The summed E-state index contributed by atoms with van der Waals surface area (Å²) in [4.78, 5) is 11.3. The molecule has 4 nitrogen and oxygen atoms in total. The molecule has 0 amide bonds. The molecule has 1 aromatic carbocycles. The summed E-state index contributed by atoms with van der Waals surface area (Å²) < 4.78 is 15.1. The fourth-order valence-corrected chi connectivity index (χ4v) is 3.55. The fourth-order valence-electron chi connectivity index (χ4n) is 2.60. The Labute approximate surface area is 122 Å². The van der Waals surface area contributed by atoms with Gasteiger partial charge < -0.3 is 9.66 Å². The topological polar surface area (TPSA) is 72.4 Å². The molecule has 2 atom stereocenters. The third-order valence-electron chi connectivity index (χ3n) is 3.65. The maximum atomic E-state index is 12.4.